The molecule has 1 aromatic rings. The number of benzene rings is 1. The fourth-order valence-electron chi connectivity index (χ4n) is 3.27. The average Bonchev–Trinajstić information content (AvgIpc) is 2.90. The molecular formula is C18H28N2O2. The van der Waals surface area contributed by atoms with Gasteiger partial charge in [0.25, 0.3) is 5.91 Å². The van der Waals surface area contributed by atoms with Crippen molar-refractivity contribution in [3.63, 3.8) is 0 Å². The maximum atomic E-state index is 12.6. The third kappa shape index (κ3) is 4.08. The maximum absolute atomic E-state index is 12.6. The Hall–Kier alpha value is -1.39. The van der Waals surface area contributed by atoms with Crippen molar-refractivity contribution in [2.24, 2.45) is 11.8 Å². The molecule has 2 atom stereocenters. The second kappa shape index (κ2) is 7.75. The van der Waals surface area contributed by atoms with Crippen LogP contribution in [0.4, 0.5) is 0 Å². The number of carbonyl (C=O) groups is 1. The summed E-state index contributed by atoms with van der Waals surface area (Å²) >= 11 is 0. The monoisotopic (exact) mass is 304 g/mol. The quantitative estimate of drug-likeness (QED) is 0.873. The molecule has 1 amide bonds. The van der Waals surface area contributed by atoms with Crippen LogP contribution in [0, 0.1) is 11.8 Å². The van der Waals surface area contributed by atoms with Gasteiger partial charge in [-0.05, 0) is 44.1 Å². The fraction of sp³-hybridized carbons (Fsp3) is 0.611. The lowest BCUT2D eigenvalue weighted by Crippen LogP contribution is -2.30. The van der Waals surface area contributed by atoms with Gasteiger partial charge >= 0.3 is 0 Å². The van der Waals surface area contributed by atoms with Crippen LogP contribution in [-0.2, 0) is 6.42 Å². The van der Waals surface area contributed by atoms with Crippen LogP contribution in [0.25, 0.3) is 0 Å². The number of hydrogen-bond donors (Lipinski definition) is 1. The summed E-state index contributed by atoms with van der Waals surface area (Å²) in [4.78, 5) is 16.7. The molecule has 4 heteroatoms. The van der Waals surface area contributed by atoms with E-state index in [9.17, 15) is 9.90 Å². The first-order chi connectivity index (χ1) is 10.5. The number of aliphatic hydroxyl groups excluding tert-OH is 1. The van der Waals surface area contributed by atoms with E-state index >= 15 is 0 Å². The summed E-state index contributed by atoms with van der Waals surface area (Å²) in [6.45, 7) is 4.61. The first kappa shape index (κ1) is 17.0. The first-order valence-corrected chi connectivity index (χ1v) is 8.19. The van der Waals surface area contributed by atoms with Gasteiger partial charge in [0, 0.05) is 37.7 Å². The van der Waals surface area contributed by atoms with Crippen molar-refractivity contribution in [1.82, 2.24) is 9.80 Å². The van der Waals surface area contributed by atoms with Gasteiger partial charge in [-0.2, -0.15) is 0 Å². The number of hydrogen-bond acceptors (Lipinski definition) is 3. The highest BCUT2D eigenvalue weighted by Crippen LogP contribution is 2.25. The van der Waals surface area contributed by atoms with Crippen LogP contribution < -0.4 is 0 Å². The van der Waals surface area contributed by atoms with Crippen LogP contribution in [0.15, 0.2) is 24.3 Å². The minimum atomic E-state index is 0.0859. The minimum Gasteiger partial charge on any atom is -0.396 e. The molecule has 1 aromatic carbocycles. The predicted molar refractivity (Wildman–Crippen MR) is 89.0 cm³/mol. The number of amides is 1. The number of aliphatic hydroxyl groups is 1. The molecular weight excluding hydrogens is 276 g/mol. The maximum Gasteiger partial charge on any atom is 0.253 e. The molecule has 22 heavy (non-hydrogen) atoms. The van der Waals surface area contributed by atoms with E-state index in [0.29, 0.717) is 12.5 Å². The van der Waals surface area contributed by atoms with E-state index < -0.39 is 0 Å². The van der Waals surface area contributed by atoms with Crippen molar-refractivity contribution in [2.45, 2.75) is 19.8 Å². The summed E-state index contributed by atoms with van der Waals surface area (Å²) in [5, 5.41) is 9.56. The third-order valence-corrected chi connectivity index (χ3v) is 4.44. The van der Waals surface area contributed by atoms with Crippen LogP contribution in [0.3, 0.4) is 0 Å². The molecule has 1 aliphatic rings. The van der Waals surface area contributed by atoms with Gasteiger partial charge in [-0.3, -0.25) is 4.79 Å². The van der Waals surface area contributed by atoms with Gasteiger partial charge in [0.1, 0.15) is 0 Å². The summed E-state index contributed by atoms with van der Waals surface area (Å²) in [5.74, 6) is 0.622. The number of aryl methyl sites for hydroxylation is 1. The van der Waals surface area contributed by atoms with Crippen LogP contribution in [0.1, 0.15) is 29.3 Å². The number of nitrogens with zero attached hydrogens (tertiary/aromatic N) is 2. The molecule has 0 radical (unpaired) electrons. The van der Waals surface area contributed by atoms with Crippen LogP contribution in [0.5, 0.6) is 0 Å². The normalized spacial score (nSPS) is 21.6. The molecule has 0 spiro atoms. The van der Waals surface area contributed by atoms with Crippen molar-refractivity contribution in [2.75, 3.05) is 40.3 Å². The van der Waals surface area contributed by atoms with E-state index in [1.807, 2.05) is 43.3 Å². The molecule has 122 valence electrons. The van der Waals surface area contributed by atoms with Gasteiger partial charge in [-0.1, -0.05) is 25.5 Å². The van der Waals surface area contributed by atoms with E-state index in [2.05, 4.69) is 11.8 Å². The molecule has 0 aromatic heterocycles. The summed E-state index contributed by atoms with van der Waals surface area (Å²) in [7, 11) is 4.07. The van der Waals surface area contributed by atoms with Crippen molar-refractivity contribution >= 4 is 5.91 Å². The Kier molecular flexibility index (Phi) is 5.98. The SMILES string of the molecule is CCCc1ccc(C(=O)N2C[C@@H](CN(C)C)[C@@H](CO)C2)cc1. The molecule has 4 nitrogen and oxygen atoms in total. The van der Waals surface area contributed by atoms with Gasteiger partial charge in [-0.25, -0.2) is 0 Å². The highest BCUT2D eigenvalue weighted by atomic mass is 16.3. The van der Waals surface area contributed by atoms with E-state index in [4.69, 9.17) is 0 Å². The Balaban J connectivity index is 2.03. The standard InChI is InChI=1S/C18H28N2O2/c1-4-5-14-6-8-15(9-7-14)18(22)20-11-16(10-19(2)3)17(12-20)13-21/h6-9,16-17,21H,4-5,10-13H2,1-3H3/t16-,17-/m1/s1. The van der Waals surface area contributed by atoms with Crippen LogP contribution >= 0.6 is 0 Å². The third-order valence-electron chi connectivity index (χ3n) is 4.44. The summed E-state index contributed by atoms with van der Waals surface area (Å²) in [5.41, 5.74) is 2.03. The Morgan fingerprint density at radius 1 is 1.23 bits per heavy atom. The Labute approximate surface area is 133 Å². The lowest BCUT2D eigenvalue weighted by Gasteiger charge is -2.20. The van der Waals surface area contributed by atoms with Gasteiger partial charge < -0.3 is 14.9 Å². The van der Waals surface area contributed by atoms with Crippen molar-refractivity contribution < 1.29 is 9.90 Å². The second-order valence-electron chi connectivity index (χ2n) is 6.62. The van der Waals surface area contributed by atoms with E-state index in [1.165, 1.54) is 5.56 Å². The molecule has 1 heterocycles. The number of likely N-dealkylation sites (tertiary alicyclic amines) is 1. The molecule has 1 saturated heterocycles. The topological polar surface area (TPSA) is 43.8 Å². The van der Waals surface area contributed by atoms with Gasteiger partial charge in [0.15, 0.2) is 0 Å². The molecule has 0 bridgehead atoms. The van der Waals surface area contributed by atoms with Crippen molar-refractivity contribution in [1.29, 1.82) is 0 Å². The largest absolute Gasteiger partial charge is 0.396 e. The Bertz CT molecular complexity index is 484. The lowest BCUT2D eigenvalue weighted by atomic mass is 9.97. The molecule has 2 rings (SSSR count). The van der Waals surface area contributed by atoms with Gasteiger partial charge in [-0.15, -0.1) is 0 Å². The molecule has 1 N–H and O–H groups in total. The fourth-order valence-corrected chi connectivity index (χ4v) is 3.27. The highest BCUT2D eigenvalue weighted by Gasteiger charge is 2.35. The molecule has 1 aliphatic heterocycles. The Morgan fingerprint density at radius 2 is 1.86 bits per heavy atom. The van der Waals surface area contributed by atoms with E-state index in [1.54, 1.807) is 0 Å². The zero-order valence-electron chi connectivity index (χ0n) is 14.0. The van der Waals surface area contributed by atoms with E-state index in [0.717, 1.165) is 31.5 Å². The Morgan fingerprint density at radius 3 is 2.41 bits per heavy atom. The van der Waals surface area contributed by atoms with Gasteiger partial charge in [0.05, 0.1) is 0 Å². The zero-order valence-corrected chi connectivity index (χ0v) is 14.0. The first-order valence-electron chi connectivity index (χ1n) is 8.19. The van der Waals surface area contributed by atoms with E-state index in [-0.39, 0.29) is 18.4 Å². The van der Waals surface area contributed by atoms with Crippen LogP contribution in [-0.4, -0.2) is 61.2 Å². The predicted octanol–water partition coefficient (Wildman–Crippen LogP) is 1.88. The molecule has 0 aliphatic carbocycles. The summed E-state index contributed by atoms with van der Waals surface area (Å²) in [6.07, 6.45) is 2.17. The molecule has 1 fully saturated rings. The van der Waals surface area contributed by atoms with Crippen molar-refractivity contribution in [3.8, 4) is 0 Å². The average molecular weight is 304 g/mol. The zero-order chi connectivity index (χ0) is 16.1. The summed E-state index contributed by atoms with van der Waals surface area (Å²) < 4.78 is 0. The smallest absolute Gasteiger partial charge is 0.253 e. The van der Waals surface area contributed by atoms with Crippen molar-refractivity contribution in [3.05, 3.63) is 35.4 Å². The van der Waals surface area contributed by atoms with Crippen LogP contribution in [0.2, 0.25) is 0 Å². The lowest BCUT2D eigenvalue weighted by molar-refractivity contribution is 0.0779. The second-order valence-corrected chi connectivity index (χ2v) is 6.62. The molecule has 0 unspecified atom stereocenters. The molecule has 0 saturated carbocycles. The minimum absolute atomic E-state index is 0.0859. The number of rotatable bonds is 6. The number of carbonyl (C=O) groups excluding carboxylic acids is 1. The summed E-state index contributed by atoms with van der Waals surface area (Å²) in [6, 6.07) is 7.96. The van der Waals surface area contributed by atoms with Gasteiger partial charge in [0.2, 0.25) is 0 Å². The highest BCUT2D eigenvalue weighted by molar-refractivity contribution is 5.94.